The average molecular weight is 286 g/mol. The highest BCUT2D eigenvalue weighted by atomic mass is 19.1. The van der Waals surface area contributed by atoms with E-state index in [0.717, 1.165) is 11.1 Å². The van der Waals surface area contributed by atoms with E-state index in [-0.39, 0.29) is 17.5 Å². The first-order chi connectivity index (χ1) is 10.1. The second-order valence-electron chi connectivity index (χ2n) is 5.04. The van der Waals surface area contributed by atoms with Crippen LogP contribution in [0.4, 0.5) is 4.39 Å². The molecule has 0 bridgehead atoms. The van der Waals surface area contributed by atoms with Crippen LogP contribution in [0.2, 0.25) is 0 Å². The zero-order valence-corrected chi connectivity index (χ0v) is 11.9. The van der Waals surface area contributed by atoms with Crippen LogP contribution in [0.3, 0.4) is 0 Å². The zero-order chi connectivity index (χ0) is 15.0. The minimum absolute atomic E-state index is 0.0394. The highest BCUT2D eigenvalue weighted by Gasteiger charge is 2.33. The van der Waals surface area contributed by atoms with Gasteiger partial charge in [-0.25, -0.2) is 4.39 Å². The quantitative estimate of drug-likeness (QED) is 0.868. The lowest BCUT2D eigenvalue weighted by Crippen LogP contribution is -2.06. The van der Waals surface area contributed by atoms with E-state index in [4.69, 9.17) is 9.47 Å². The van der Waals surface area contributed by atoms with Gasteiger partial charge in [0, 0.05) is 5.56 Å². The van der Waals surface area contributed by atoms with E-state index in [1.807, 2.05) is 6.07 Å². The molecule has 0 amide bonds. The first-order valence-corrected chi connectivity index (χ1v) is 6.68. The molecule has 4 heteroatoms. The molecule has 0 saturated heterocycles. The minimum Gasteiger partial charge on any atom is -0.493 e. The number of benzene rings is 2. The first kappa shape index (κ1) is 13.6. The molecule has 0 saturated carbocycles. The summed E-state index contributed by atoms with van der Waals surface area (Å²) in [5, 5.41) is 0. The second-order valence-corrected chi connectivity index (χ2v) is 5.04. The largest absolute Gasteiger partial charge is 0.493 e. The van der Waals surface area contributed by atoms with E-state index in [9.17, 15) is 9.18 Å². The van der Waals surface area contributed by atoms with Crippen LogP contribution in [0.15, 0.2) is 36.4 Å². The Morgan fingerprint density at radius 3 is 2.29 bits per heavy atom. The van der Waals surface area contributed by atoms with Gasteiger partial charge < -0.3 is 9.47 Å². The van der Waals surface area contributed by atoms with Crippen LogP contribution < -0.4 is 9.47 Å². The lowest BCUT2D eigenvalue weighted by Gasteiger charge is -2.09. The van der Waals surface area contributed by atoms with Gasteiger partial charge in [-0.1, -0.05) is 12.1 Å². The van der Waals surface area contributed by atoms with E-state index >= 15 is 0 Å². The summed E-state index contributed by atoms with van der Waals surface area (Å²) in [6.07, 6.45) is 0.597. The third-order valence-corrected chi connectivity index (χ3v) is 3.89. The number of hydrogen-bond acceptors (Lipinski definition) is 3. The van der Waals surface area contributed by atoms with Crippen molar-refractivity contribution in [2.24, 2.45) is 0 Å². The number of carbonyl (C=O) groups is 1. The summed E-state index contributed by atoms with van der Waals surface area (Å²) in [5.41, 5.74) is 2.42. The Labute approximate surface area is 122 Å². The van der Waals surface area contributed by atoms with E-state index < -0.39 is 0 Å². The summed E-state index contributed by atoms with van der Waals surface area (Å²) in [6, 6.07) is 9.66. The number of hydrogen-bond donors (Lipinski definition) is 0. The SMILES string of the molecule is COc1cc2c(cc1OC)C(=O)C(c1ccc(F)cc1)C2. The standard InChI is InChI=1S/C17H15FO3/c1-20-15-8-11-7-13(10-3-5-12(18)6-4-10)17(19)14(11)9-16(15)21-2/h3-6,8-9,13H,7H2,1-2H3. The van der Waals surface area contributed by atoms with Gasteiger partial charge in [0.15, 0.2) is 17.3 Å². The molecule has 21 heavy (non-hydrogen) atoms. The van der Waals surface area contributed by atoms with Crippen LogP contribution in [0.1, 0.15) is 27.4 Å². The van der Waals surface area contributed by atoms with Crippen molar-refractivity contribution < 1.29 is 18.7 Å². The molecule has 0 spiro atoms. The first-order valence-electron chi connectivity index (χ1n) is 6.68. The van der Waals surface area contributed by atoms with Crippen LogP contribution >= 0.6 is 0 Å². The number of fused-ring (bicyclic) bond motifs is 1. The summed E-state index contributed by atoms with van der Waals surface area (Å²) in [4.78, 5) is 12.6. The highest BCUT2D eigenvalue weighted by molar-refractivity contribution is 6.05. The summed E-state index contributed by atoms with van der Waals surface area (Å²) in [7, 11) is 3.11. The molecule has 3 rings (SSSR count). The van der Waals surface area contributed by atoms with Gasteiger partial charge >= 0.3 is 0 Å². The predicted molar refractivity (Wildman–Crippen MR) is 76.7 cm³/mol. The normalized spacial score (nSPS) is 16.7. The lowest BCUT2D eigenvalue weighted by molar-refractivity contribution is 0.0972. The van der Waals surface area contributed by atoms with Crippen LogP contribution in [0.5, 0.6) is 11.5 Å². The fraction of sp³-hybridized carbons (Fsp3) is 0.235. The maximum absolute atomic E-state index is 13.0. The van der Waals surface area contributed by atoms with Gasteiger partial charge in [-0.15, -0.1) is 0 Å². The molecule has 2 aromatic rings. The molecule has 0 radical (unpaired) electrons. The molecule has 0 fully saturated rings. The van der Waals surface area contributed by atoms with Gasteiger partial charge in [0.2, 0.25) is 0 Å². The summed E-state index contributed by atoms with van der Waals surface area (Å²) < 4.78 is 23.5. The number of halogens is 1. The van der Waals surface area contributed by atoms with E-state index in [2.05, 4.69) is 0 Å². The number of rotatable bonds is 3. The Morgan fingerprint density at radius 2 is 1.67 bits per heavy atom. The van der Waals surface area contributed by atoms with Crippen LogP contribution in [0.25, 0.3) is 0 Å². The van der Waals surface area contributed by atoms with Crippen molar-refractivity contribution in [3.8, 4) is 11.5 Å². The third kappa shape index (κ3) is 2.27. The number of methoxy groups -OCH3 is 2. The van der Waals surface area contributed by atoms with Crippen molar-refractivity contribution in [2.45, 2.75) is 12.3 Å². The van der Waals surface area contributed by atoms with E-state index in [1.54, 1.807) is 32.4 Å². The predicted octanol–water partition coefficient (Wildman–Crippen LogP) is 3.37. The molecule has 1 aliphatic carbocycles. The van der Waals surface area contributed by atoms with Gasteiger partial charge in [-0.2, -0.15) is 0 Å². The Bertz CT molecular complexity index is 692. The zero-order valence-electron chi connectivity index (χ0n) is 11.9. The van der Waals surface area contributed by atoms with Crippen LogP contribution in [-0.4, -0.2) is 20.0 Å². The fourth-order valence-electron chi connectivity index (χ4n) is 2.78. The topological polar surface area (TPSA) is 35.5 Å². The van der Waals surface area contributed by atoms with Crippen molar-refractivity contribution in [3.63, 3.8) is 0 Å². The number of carbonyl (C=O) groups excluding carboxylic acids is 1. The number of Topliss-reactive ketones (excluding diaryl/α,β-unsaturated/α-hetero) is 1. The van der Waals surface area contributed by atoms with Crippen molar-refractivity contribution in [2.75, 3.05) is 14.2 Å². The molecule has 3 nitrogen and oxygen atoms in total. The molecule has 1 atom stereocenters. The molecule has 0 heterocycles. The van der Waals surface area contributed by atoms with Gasteiger partial charge in [0.05, 0.1) is 20.1 Å². The van der Waals surface area contributed by atoms with Crippen molar-refractivity contribution in [1.82, 2.24) is 0 Å². The maximum Gasteiger partial charge on any atom is 0.171 e. The summed E-state index contributed by atoms with van der Waals surface area (Å²) in [6.45, 7) is 0. The molecule has 1 unspecified atom stereocenters. The van der Waals surface area contributed by atoms with Crippen molar-refractivity contribution in [3.05, 3.63) is 58.9 Å². The minimum atomic E-state index is -0.301. The number of ether oxygens (including phenoxy) is 2. The molecule has 108 valence electrons. The molecule has 1 aliphatic rings. The Balaban J connectivity index is 2.00. The van der Waals surface area contributed by atoms with Gasteiger partial charge in [-0.3, -0.25) is 4.79 Å². The third-order valence-electron chi connectivity index (χ3n) is 3.89. The van der Waals surface area contributed by atoms with Gasteiger partial charge in [0.1, 0.15) is 5.82 Å². The average Bonchev–Trinajstić information content (AvgIpc) is 2.83. The molecular formula is C17H15FO3. The Morgan fingerprint density at radius 1 is 1.05 bits per heavy atom. The monoisotopic (exact) mass is 286 g/mol. The molecule has 0 aromatic heterocycles. The molecule has 0 N–H and O–H groups in total. The van der Waals surface area contributed by atoms with E-state index in [1.165, 1.54) is 12.1 Å². The lowest BCUT2D eigenvalue weighted by atomic mass is 9.95. The van der Waals surface area contributed by atoms with Gasteiger partial charge in [-0.05, 0) is 41.8 Å². The van der Waals surface area contributed by atoms with E-state index in [0.29, 0.717) is 23.5 Å². The van der Waals surface area contributed by atoms with Crippen LogP contribution in [-0.2, 0) is 6.42 Å². The maximum atomic E-state index is 13.0. The fourth-order valence-corrected chi connectivity index (χ4v) is 2.78. The smallest absolute Gasteiger partial charge is 0.171 e. The highest BCUT2D eigenvalue weighted by Crippen LogP contribution is 2.40. The van der Waals surface area contributed by atoms with Crippen LogP contribution in [0, 0.1) is 5.82 Å². The Kier molecular flexibility index (Phi) is 3.37. The Hall–Kier alpha value is -2.36. The molecule has 2 aromatic carbocycles. The number of ketones is 1. The molecule has 0 aliphatic heterocycles. The second kappa shape index (κ2) is 5.20. The molecular weight excluding hydrogens is 271 g/mol. The summed E-state index contributed by atoms with van der Waals surface area (Å²) in [5.74, 6) is 0.633. The van der Waals surface area contributed by atoms with Crippen molar-refractivity contribution in [1.29, 1.82) is 0 Å². The van der Waals surface area contributed by atoms with Crippen molar-refractivity contribution >= 4 is 5.78 Å². The van der Waals surface area contributed by atoms with Gasteiger partial charge in [0.25, 0.3) is 0 Å². The summed E-state index contributed by atoms with van der Waals surface area (Å²) >= 11 is 0.